The first-order valence-electron chi connectivity index (χ1n) is 5.09. The fourth-order valence-corrected chi connectivity index (χ4v) is 3.01. The molecule has 2 rings (SSSR count). The highest BCUT2D eigenvalue weighted by molar-refractivity contribution is 7.90. The minimum atomic E-state index is -3.52. The summed E-state index contributed by atoms with van der Waals surface area (Å²) < 4.78 is 30.9. The quantitative estimate of drug-likeness (QED) is 0.838. The summed E-state index contributed by atoms with van der Waals surface area (Å²) in [4.78, 5) is 0.219. The number of aromatic nitrogens is 1. The number of hydrogen-bond donors (Lipinski definition) is 0. The van der Waals surface area contributed by atoms with Crippen molar-refractivity contribution < 1.29 is 13.2 Å². The summed E-state index contributed by atoms with van der Waals surface area (Å²) in [6.07, 6.45) is 1.53. The number of methoxy groups -OCH3 is 1. The molecule has 1 heterocycles. The second kappa shape index (κ2) is 4.25. The van der Waals surface area contributed by atoms with Crippen molar-refractivity contribution in [3.8, 4) is 5.75 Å². The van der Waals surface area contributed by atoms with E-state index in [2.05, 4.69) is 0 Å². The first-order valence-corrected chi connectivity index (χ1v) is 6.53. The average Bonchev–Trinajstić information content (AvgIpc) is 2.76. The molecule has 0 radical (unpaired) electrons. The van der Waals surface area contributed by atoms with Crippen molar-refractivity contribution in [3.63, 3.8) is 0 Å². The first kappa shape index (κ1) is 11.7. The van der Waals surface area contributed by atoms with Crippen molar-refractivity contribution in [1.29, 1.82) is 0 Å². The Bertz CT molecular complexity index is 629. The Hall–Kier alpha value is -1.75. The number of ether oxygens (including phenoxy) is 1. The molecule has 0 aliphatic carbocycles. The molecule has 0 aliphatic rings. The van der Waals surface area contributed by atoms with Gasteiger partial charge in [-0.15, -0.1) is 0 Å². The fraction of sp³-hybridized carbons (Fsp3) is 0.167. The van der Waals surface area contributed by atoms with E-state index >= 15 is 0 Å². The third-order valence-corrected chi connectivity index (χ3v) is 4.28. The Balaban J connectivity index is 2.56. The molecule has 0 aliphatic heterocycles. The second-order valence-corrected chi connectivity index (χ2v) is 5.44. The van der Waals surface area contributed by atoms with Crippen LogP contribution in [0.3, 0.4) is 0 Å². The summed E-state index contributed by atoms with van der Waals surface area (Å²) in [5, 5.41) is 0. The SMILES string of the molecule is COc1cccc(S(=O)(=O)n2cccc2C)c1. The highest BCUT2D eigenvalue weighted by Crippen LogP contribution is 2.20. The third-order valence-electron chi connectivity index (χ3n) is 2.50. The molecule has 0 saturated carbocycles. The minimum absolute atomic E-state index is 0.219. The number of nitrogens with zero attached hydrogens (tertiary/aromatic N) is 1. The van der Waals surface area contributed by atoms with Gasteiger partial charge >= 0.3 is 0 Å². The predicted octanol–water partition coefficient (Wildman–Crippen LogP) is 2.04. The van der Waals surface area contributed by atoms with E-state index in [-0.39, 0.29) is 4.90 Å². The summed E-state index contributed by atoms with van der Waals surface area (Å²) in [6, 6.07) is 9.88. The van der Waals surface area contributed by atoms with Gasteiger partial charge in [-0.2, -0.15) is 0 Å². The van der Waals surface area contributed by atoms with Gasteiger partial charge in [-0.3, -0.25) is 0 Å². The van der Waals surface area contributed by atoms with Crippen LogP contribution in [0.4, 0.5) is 0 Å². The molecule has 0 atom stereocenters. The molecule has 1 aromatic heterocycles. The molecular formula is C12H13NO3S. The maximum absolute atomic E-state index is 12.3. The molecule has 0 saturated heterocycles. The van der Waals surface area contributed by atoms with Gasteiger partial charge in [-0.1, -0.05) is 6.07 Å². The molecule has 2 aromatic rings. The highest BCUT2D eigenvalue weighted by atomic mass is 32.2. The zero-order valence-corrected chi connectivity index (χ0v) is 10.4. The third kappa shape index (κ3) is 2.06. The summed E-state index contributed by atoms with van der Waals surface area (Å²) in [5.74, 6) is 0.524. The molecule has 0 amide bonds. The molecule has 5 heteroatoms. The Morgan fingerprint density at radius 1 is 1.18 bits per heavy atom. The molecule has 0 N–H and O–H groups in total. The molecule has 0 fully saturated rings. The van der Waals surface area contributed by atoms with Crippen molar-refractivity contribution in [2.24, 2.45) is 0 Å². The van der Waals surface area contributed by atoms with Gasteiger partial charge in [0.15, 0.2) is 0 Å². The van der Waals surface area contributed by atoms with Gasteiger partial charge in [-0.05, 0) is 31.2 Å². The van der Waals surface area contributed by atoms with E-state index in [4.69, 9.17) is 4.74 Å². The largest absolute Gasteiger partial charge is 0.497 e. The van der Waals surface area contributed by atoms with E-state index in [0.717, 1.165) is 0 Å². The van der Waals surface area contributed by atoms with E-state index in [0.29, 0.717) is 11.4 Å². The van der Waals surface area contributed by atoms with Gasteiger partial charge in [0, 0.05) is 18.0 Å². The van der Waals surface area contributed by atoms with Gasteiger partial charge in [-0.25, -0.2) is 12.4 Å². The molecular weight excluding hydrogens is 238 g/mol. The van der Waals surface area contributed by atoms with Gasteiger partial charge in [0.2, 0.25) is 0 Å². The van der Waals surface area contributed by atoms with Gasteiger partial charge in [0.25, 0.3) is 10.0 Å². The minimum Gasteiger partial charge on any atom is -0.497 e. The Morgan fingerprint density at radius 3 is 2.53 bits per heavy atom. The topological polar surface area (TPSA) is 48.3 Å². The van der Waals surface area contributed by atoms with Crippen molar-refractivity contribution in [2.75, 3.05) is 7.11 Å². The smallest absolute Gasteiger partial charge is 0.267 e. The average molecular weight is 251 g/mol. The van der Waals surface area contributed by atoms with Crippen LogP contribution in [0, 0.1) is 6.92 Å². The monoisotopic (exact) mass is 251 g/mol. The predicted molar refractivity (Wildman–Crippen MR) is 64.7 cm³/mol. The lowest BCUT2D eigenvalue weighted by molar-refractivity contribution is 0.413. The number of hydrogen-bond acceptors (Lipinski definition) is 3. The van der Waals surface area contributed by atoms with Crippen LogP contribution in [0.25, 0.3) is 0 Å². The molecule has 0 bridgehead atoms. The summed E-state index contributed by atoms with van der Waals surface area (Å²) in [5.41, 5.74) is 0.674. The maximum atomic E-state index is 12.3. The van der Waals surface area contributed by atoms with Gasteiger partial charge in [0.05, 0.1) is 12.0 Å². The van der Waals surface area contributed by atoms with Crippen LogP contribution in [0.15, 0.2) is 47.5 Å². The van der Waals surface area contributed by atoms with Gasteiger partial charge < -0.3 is 4.74 Å². The maximum Gasteiger partial charge on any atom is 0.267 e. The summed E-state index contributed by atoms with van der Waals surface area (Å²) >= 11 is 0. The number of benzene rings is 1. The van der Waals surface area contributed by atoms with E-state index in [1.165, 1.54) is 23.3 Å². The number of rotatable bonds is 3. The zero-order chi connectivity index (χ0) is 12.5. The van der Waals surface area contributed by atoms with Crippen LogP contribution < -0.4 is 4.74 Å². The van der Waals surface area contributed by atoms with Crippen LogP contribution in [-0.4, -0.2) is 19.5 Å². The first-order chi connectivity index (χ1) is 8.05. The standard InChI is InChI=1S/C12H13NO3S/c1-10-5-4-8-13(10)17(14,15)12-7-3-6-11(9-12)16-2/h3-9H,1-2H3. The van der Waals surface area contributed by atoms with Crippen molar-refractivity contribution >= 4 is 10.0 Å². The van der Waals surface area contributed by atoms with E-state index < -0.39 is 10.0 Å². The van der Waals surface area contributed by atoms with Crippen molar-refractivity contribution in [1.82, 2.24) is 3.97 Å². The van der Waals surface area contributed by atoms with Crippen LogP contribution in [0.5, 0.6) is 5.75 Å². The van der Waals surface area contributed by atoms with Crippen molar-refractivity contribution in [2.45, 2.75) is 11.8 Å². The van der Waals surface area contributed by atoms with Crippen molar-refractivity contribution in [3.05, 3.63) is 48.3 Å². The summed E-state index contributed by atoms with van der Waals surface area (Å²) in [6.45, 7) is 1.75. The highest BCUT2D eigenvalue weighted by Gasteiger charge is 2.17. The molecule has 0 unspecified atom stereocenters. The van der Waals surface area contributed by atoms with Crippen LogP contribution in [0.2, 0.25) is 0 Å². The lowest BCUT2D eigenvalue weighted by Gasteiger charge is -2.09. The Morgan fingerprint density at radius 2 is 1.94 bits per heavy atom. The molecule has 1 aromatic carbocycles. The summed E-state index contributed by atoms with van der Waals surface area (Å²) in [7, 11) is -2.02. The van der Waals surface area contributed by atoms with E-state index in [1.54, 1.807) is 37.3 Å². The lowest BCUT2D eigenvalue weighted by atomic mass is 10.3. The van der Waals surface area contributed by atoms with Crippen LogP contribution in [0.1, 0.15) is 5.69 Å². The van der Waals surface area contributed by atoms with E-state index in [1.807, 2.05) is 0 Å². The zero-order valence-electron chi connectivity index (χ0n) is 9.62. The molecule has 4 nitrogen and oxygen atoms in total. The fourth-order valence-electron chi connectivity index (χ4n) is 1.60. The normalized spacial score (nSPS) is 11.4. The Labute approximate surface area is 101 Å². The van der Waals surface area contributed by atoms with Gasteiger partial charge in [0.1, 0.15) is 5.75 Å². The second-order valence-electron chi connectivity index (χ2n) is 3.63. The Kier molecular flexibility index (Phi) is 2.93. The molecule has 90 valence electrons. The molecule has 0 spiro atoms. The molecule has 17 heavy (non-hydrogen) atoms. The van der Waals surface area contributed by atoms with Crippen LogP contribution >= 0.6 is 0 Å². The van der Waals surface area contributed by atoms with Crippen LogP contribution in [-0.2, 0) is 10.0 Å². The lowest BCUT2D eigenvalue weighted by Crippen LogP contribution is -2.13. The number of aryl methyl sites for hydroxylation is 1. The van der Waals surface area contributed by atoms with E-state index in [9.17, 15) is 8.42 Å².